The standard InChI is InChI=1S/C21H24N2O2/c1-25-17-10-11-18-19(13-17)23(14-16-8-5-9-16)22-21(18)20(24)12-15-6-3-2-4-7-15/h2-3,6,10-11,13,16H,4-5,7-9,12,14H2,1H3. The van der Waals surface area contributed by atoms with Crippen LogP contribution in [0.1, 0.15) is 49.0 Å². The number of carbonyl (C=O) groups excluding carboxylic acids is 1. The largest absolute Gasteiger partial charge is 0.497 e. The van der Waals surface area contributed by atoms with Crippen molar-refractivity contribution in [3.05, 3.63) is 47.7 Å². The molecule has 0 unspecified atom stereocenters. The maximum absolute atomic E-state index is 12.9. The zero-order valence-corrected chi connectivity index (χ0v) is 14.7. The Bertz CT molecular complexity index is 856. The number of Topliss-reactive ketones (excluding diaryl/α,β-unsaturated/α-hetero) is 1. The van der Waals surface area contributed by atoms with E-state index in [1.54, 1.807) is 7.11 Å². The second kappa shape index (κ2) is 6.87. The molecule has 1 aromatic carbocycles. The second-order valence-corrected chi connectivity index (χ2v) is 7.10. The summed E-state index contributed by atoms with van der Waals surface area (Å²) in [4.78, 5) is 12.9. The molecule has 0 bridgehead atoms. The summed E-state index contributed by atoms with van der Waals surface area (Å²) in [6, 6.07) is 5.89. The van der Waals surface area contributed by atoms with Crippen molar-refractivity contribution in [3.8, 4) is 5.75 Å². The van der Waals surface area contributed by atoms with Gasteiger partial charge in [0.05, 0.1) is 12.6 Å². The number of carbonyl (C=O) groups is 1. The molecule has 4 heteroatoms. The van der Waals surface area contributed by atoms with Gasteiger partial charge in [-0.1, -0.05) is 30.2 Å². The molecule has 0 aliphatic heterocycles. The molecule has 1 saturated carbocycles. The number of ketones is 1. The van der Waals surface area contributed by atoms with Crippen LogP contribution >= 0.6 is 0 Å². The van der Waals surface area contributed by atoms with E-state index in [-0.39, 0.29) is 5.78 Å². The molecule has 2 aliphatic carbocycles. The number of ether oxygens (including phenoxy) is 1. The lowest BCUT2D eigenvalue weighted by molar-refractivity contribution is 0.0987. The summed E-state index contributed by atoms with van der Waals surface area (Å²) in [7, 11) is 1.67. The maximum atomic E-state index is 12.9. The first kappa shape index (κ1) is 16.1. The molecular weight excluding hydrogens is 312 g/mol. The molecule has 2 aliphatic rings. The molecule has 4 nitrogen and oxygen atoms in total. The van der Waals surface area contributed by atoms with Crippen molar-refractivity contribution in [1.29, 1.82) is 0 Å². The van der Waals surface area contributed by atoms with Crippen molar-refractivity contribution in [3.63, 3.8) is 0 Å². The van der Waals surface area contributed by atoms with Gasteiger partial charge in [-0.05, 0) is 43.7 Å². The Labute approximate surface area is 148 Å². The van der Waals surface area contributed by atoms with Gasteiger partial charge >= 0.3 is 0 Å². The van der Waals surface area contributed by atoms with E-state index in [1.807, 2.05) is 29.0 Å². The van der Waals surface area contributed by atoms with Crippen LogP contribution in [0.15, 0.2) is 42.0 Å². The zero-order valence-electron chi connectivity index (χ0n) is 14.7. The zero-order chi connectivity index (χ0) is 17.2. The van der Waals surface area contributed by atoms with Crippen LogP contribution in [-0.2, 0) is 6.54 Å². The fraction of sp³-hybridized carbons (Fsp3) is 0.429. The van der Waals surface area contributed by atoms with E-state index < -0.39 is 0 Å². The van der Waals surface area contributed by atoms with Crippen LogP contribution in [0.25, 0.3) is 10.9 Å². The third-order valence-electron chi connectivity index (χ3n) is 5.37. The van der Waals surface area contributed by atoms with Crippen LogP contribution in [0.5, 0.6) is 5.75 Å². The third kappa shape index (κ3) is 3.26. The monoisotopic (exact) mass is 336 g/mol. The maximum Gasteiger partial charge on any atom is 0.187 e. The van der Waals surface area contributed by atoms with E-state index in [9.17, 15) is 4.79 Å². The number of benzene rings is 1. The Morgan fingerprint density at radius 2 is 2.24 bits per heavy atom. The van der Waals surface area contributed by atoms with Crippen LogP contribution < -0.4 is 4.74 Å². The normalized spacial score (nSPS) is 17.4. The summed E-state index contributed by atoms with van der Waals surface area (Å²) < 4.78 is 7.39. The minimum Gasteiger partial charge on any atom is -0.497 e. The average molecular weight is 336 g/mol. The molecule has 0 amide bonds. The van der Waals surface area contributed by atoms with Crippen molar-refractivity contribution in [1.82, 2.24) is 9.78 Å². The Kier molecular flexibility index (Phi) is 4.43. The third-order valence-corrected chi connectivity index (χ3v) is 5.37. The molecule has 0 atom stereocenters. The molecule has 1 fully saturated rings. The molecule has 25 heavy (non-hydrogen) atoms. The highest BCUT2D eigenvalue weighted by atomic mass is 16.5. The number of hydrogen-bond acceptors (Lipinski definition) is 3. The number of methoxy groups -OCH3 is 1. The van der Waals surface area contributed by atoms with Gasteiger partial charge in [-0.2, -0.15) is 5.10 Å². The highest BCUT2D eigenvalue weighted by Crippen LogP contribution is 2.31. The van der Waals surface area contributed by atoms with E-state index in [0.717, 1.165) is 36.0 Å². The van der Waals surface area contributed by atoms with Gasteiger partial charge in [0, 0.05) is 24.4 Å². The lowest BCUT2D eigenvalue weighted by Gasteiger charge is -2.25. The molecule has 0 saturated heterocycles. The summed E-state index contributed by atoms with van der Waals surface area (Å²) in [5.74, 6) is 1.61. The van der Waals surface area contributed by atoms with Gasteiger partial charge in [-0.3, -0.25) is 9.48 Å². The molecule has 1 aromatic heterocycles. The van der Waals surface area contributed by atoms with E-state index in [4.69, 9.17) is 9.84 Å². The molecule has 0 spiro atoms. The molecule has 4 rings (SSSR count). The smallest absolute Gasteiger partial charge is 0.187 e. The predicted molar refractivity (Wildman–Crippen MR) is 99.0 cm³/mol. The van der Waals surface area contributed by atoms with Crippen LogP contribution in [0, 0.1) is 5.92 Å². The van der Waals surface area contributed by atoms with E-state index in [2.05, 4.69) is 12.2 Å². The SMILES string of the molecule is COc1ccc2c(C(=O)CC3=CC=CCC3)nn(CC3CCC3)c2c1. The first-order valence-electron chi connectivity index (χ1n) is 9.17. The minimum absolute atomic E-state index is 0.115. The van der Waals surface area contributed by atoms with Crippen LogP contribution in [-0.4, -0.2) is 22.7 Å². The molecular formula is C21H24N2O2. The van der Waals surface area contributed by atoms with Gasteiger partial charge in [-0.15, -0.1) is 0 Å². The lowest BCUT2D eigenvalue weighted by atomic mass is 9.85. The molecule has 1 heterocycles. The summed E-state index contributed by atoms with van der Waals surface area (Å²) >= 11 is 0. The number of fused-ring (bicyclic) bond motifs is 1. The summed E-state index contributed by atoms with van der Waals surface area (Å²) in [6.07, 6.45) is 12.5. The Hall–Kier alpha value is -2.36. The number of aromatic nitrogens is 2. The highest BCUT2D eigenvalue weighted by molar-refractivity contribution is 6.07. The second-order valence-electron chi connectivity index (χ2n) is 7.10. The molecule has 2 aromatic rings. The van der Waals surface area contributed by atoms with Crippen molar-refractivity contribution in [2.45, 2.75) is 45.1 Å². The lowest BCUT2D eigenvalue weighted by Crippen LogP contribution is -2.19. The van der Waals surface area contributed by atoms with Gasteiger partial charge < -0.3 is 4.74 Å². The summed E-state index contributed by atoms with van der Waals surface area (Å²) in [5.41, 5.74) is 2.81. The van der Waals surface area contributed by atoms with Crippen molar-refractivity contribution in [2.24, 2.45) is 5.92 Å². The van der Waals surface area contributed by atoms with Crippen LogP contribution in [0.2, 0.25) is 0 Å². The van der Waals surface area contributed by atoms with Gasteiger partial charge in [0.25, 0.3) is 0 Å². The quantitative estimate of drug-likeness (QED) is 0.719. The Balaban J connectivity index is 1.68. The van der Waals surface area contributed by atoms with Gasteiger partial charge in [0.15, 0.2) is 5.78 Å². The van der Waals surface area contributed by atoms with Gasteiger partial charge in [-0.25, -0.2) is 0 Å². The van der Waals surface area contributed by atoms with Crippen molar-refractivity contribution in [2.75, 3.05) is 7.11 Å². The fourth-order valence-corrected chi connectivity index (χ4v) is 3.64. The highest BCUT2D eigenvalue weighted by Gasteiger charge is 2.23. The molecule has 130 valence electrons. The average Bonchev–Trinajstić information content (AvgIpc) is 2.97. The number of allylic oxidation sites excluding steroid dienone is 4. The van der Waals surface area contributed by atoms with Crippen LogP contribution in [0.3, 0.4) is 0 Å². The Morgan fingerprint density at radius 1 is 1.36 bits per heavy atom. The first-order chi connectivity index (χ1) is 12.2. The summed E-state index contributed by atoms with van der Waals surface area (Å²) in [5, 5.41) is 5.66. The van der Waals surface area contributed by atoms with Crippen molar-refractivity contribution >= 4 is 16.7 Å². The van der Waals surface area contributed by atoms with E-state index in [1.165, 1.54) is 24.8 Å². The predicted octanol–water partition coefficient (Wildman–Crippen LogP) is 4.69. The summed E-state index contributed by atoms with van der Waals surface area (Å²) in [6.45, 7) is 0.891. The van der Waals surface area contributed by atoms with Crippen molar-refractivity contribution < 1.29 is 9.53 Å². The topological polar surface area (TPSA) is 44.1 Å². The van der Waals surface area contributed by atoms with E-state index >= 15 is 0 Å². The number of nitrogens with zero attached hydrogens (tertiary/aromatic N) is 2. The molecule has 0 N–H and O–H groups in total. The van der Waals surface area contributed by atoms with Crippen LogP contribution in [0.4, 0.5) is 0 Å². The van der Waals surface area contributed by atoms with E-state index in [0.29, 0.717) is 18.0 Å². The van der Waals surface area contributed by atoms with Gasteiger partial charge in [0.1, 0.15) is 11.4 Å². The fourth-order valence-electron chi connectivity index (χ4n) is 3.64. The van der Waals surface area contributed by atoms with Gasteiger partial charge in [0.2, 0.25) is 0 Å². The first-order valence-corrected chi connectivity index (χ1v) is 9.17. The minimum atomic E-state index is 0.115. The molecule has 0 radical (unpaired) electrons. The Morgan fingerprint density at radius 3 is 2.92 bits per heavy atom. The number of rotatable bonds is 6. The number of hydrogen-bond donors (Lipinski definition) is 0.